The van der Waals surface area contributed by atoms with E-state index in [0.29, 0.717) is 11.5 Å². The van der Waals surface area contributed by atoms with E-state index in [1.165, 1.54) is 25.3 Å². The van der Waals surface area contributed by atoms with Crippen LogP contribution in [0.5, 0.6) is 11.5 Å². The minimum Gasteiger partial charge on any atom is -0.493 e. The molecule has 0 saturated carbocycles. The Labute approximate surface area is 130 Å². The molecule has 2 aromatic rings. The van der Waals surface area contributed by atoms with Gasteiger partial charge in [-0.2, -0.15) is 0 Å². The molecule has 21 heavy (non-hydrogen) atoms. The number of hydrogen-bond donors (Lipinski definition) is 0. The molecule has 0 spiro atoms. The number of para-hydroxylation sites is 1. The second-order valence-corrected chi connectivity index (χ2v) is 5.56. The lowest BCUT2D eigenvalue weighted by atomic mass is 10.0. The minimum absolute atomic E-state index is 0.0456. The molecular formula is C16H15BrF2O2. The zero-order chi connectivity index (χ0) is 15.4. The quantitative estimate of drug-likeness (QED) is 0.725. The van der Waals surface area contributed by atoms with Crippen LogP contribution in [-0.4, -0.2) is 14.2 Å². The summed E-state index contributed by atoms with van der Waals surface area (Å²) in [6.45, 7) is 0. The van der Waals surface area contributed by atoms with Gasteiger partial charge in [0.2, 0.25) is 0 Å². The number of halogens is 3. The number of methoxy groups -OCH3 is 2. The highest BCUT2D eigenvalue weighted by molar-refractivity contribution is 9.09. The number of hydrogen-bond acceptors (Lipinski definition) is 2. The highest BCUT2D eigenvalue weighted by atomic mass is 79.9. The number of ether oxygens (including phenoxy) is 2. The summed E-state index contributed by atoms with van der Waals surface area (Å²) in [5, 5.41) is 0. The summed E-state index contributed by atoms with van der Waals surface area (Å²) >= 11 is 3.48. The third kappa shape index (κ3) is 3.35. The van der Waals surface area contributed by atoms with Crippen LogP contribution in [0.25, 0.3) is 0 Å². The van der Waals surface area contributed by atoms with Gasteiger partial charge in [0, 0.05) is 16.0 Å². The number of alkyl halides is 1. The first kappa shape index (κ1) is 15.8. The molecule has 112 valence electrons. The Bertz CT molecular complexity index is 611. The molecule has 0 amide bonds. The molecule has 1 unspecified atom stereocenters. The van der Waals surface area contributed by atoms with Crippen LogP contribution in [0.15, 0.2) is 36.4 Å². The number of rotatable bonds is 5. The Balaban J connectivity index is 2.35. The lowest BCUT2D eigenvalue weighted by Crippen LogP contribution is -2.04. The summed E-state index contributed by atoms with van der Waals surface area (Å²) in [7, 11) is 3.08. The second-order valence-electron chi connectivity index (χ2n) is 4.45. The Kier molecular flexibility index (Phi) is 5.17. The van der Waals surface area contributed by atoms with E-state index in [0.717, 1.165) is 5.56 Å². The van der Waals surface area contributed by atoms with Crippen LogP contribution in [-0.2, 0) is 6.42 Å². The molecular weight excluding hydrogens is 342 g/mol. The van der Waals surface area contributed by atoms with Crippen LogP contribution in [0.4, 0.5) is 8.78 Å². The van der Waals surface area contributed by atoms with E-state index in [1.807, 2.05) is 12.1 Å². The van der Waals surface area contributed by atoms with E-state index in [2.05, 4.69) is 15.9 Å². The SMILES string of the molecule is COc1cccc(C(Br)Cc2c(F)cccc2F)c1OC. The van der Waals surface area contributed by atoms with Crippen LogP contribution in [0, 0.1) is 11.6 Å². The van der Waals surface area contributed by atoms with Crippen LogP contribution in [0.3, 0.4) is 0 Å². The summed E-state index contributed by atoms with van der Waals surface area (Å²) in [5.41, 5.74) is 0.823. The third-order valence-corrected chi connectivity index (χ3v) is 4.03. The van der Waals surface area contributed by atoms with Crippen molar-refractivity contribution in [3.63, 3.8) is 0 Å². The molecule has 0 aliphatic carbocycles. The molecule has 2 aromatic carbocycles. The molecule has 0 radical (unpaired) electrons. The summed E-state index contributed by atoms with van der Waals surface area (Å²) in [4.78, 5) is -0.297. The van der Waals surface area contributed by atoms with Gasteiger partial charge in [-0.25, -0.2) is 8.78 Å². The maximum atomic E-state index is 13.7. The van der Waals surface area contributed by atoms with E-state index in [1.54, 1.807) is 13.2 Å². The lowest BCUT2D eigenvalue weighted by molar-refractivity contribution is 0.351. The first-order chi connectivity index (χ1) is 10.1. The predicted molar refractivity (Wildman–Crippen MR) is 81.3 cm³/mol. The lowest BCUT2D eigenvalue weighted by Gasteiger charge is -2.17. The standard InChI is InChI=1S/C16H15BrF2O2/c1-20-15-8-3-5-10(16(15)21-2)12(17)9-11-13(18)6-4-7-14(11)19/h3-8,12H,9H2,1-2H3. The van der Waals surface area contributed by atoms with Crippen molar-refractivity contribution in [3.05, 3.63) is 59.2 Å². The predicted octanol–water partition coefficient (Wildman–Crippen LogP) is 4.66. The van der Waals surface area contributed by atoms with Gasteiger partial charge in [-0.1, -0.05) is 34.1 Å². The number of benzene rings is 2. The van der Waals surface area contributed by atoms with E-state index in [9.17, 15) is 8.78 Å². The average Bonchev–Trinajstić information content (AvgIpc) is 2.49. The third-order valence-electron chi connectivity index (χ3n) is 3.22. The molecule has 0 aliphatic rings. The van der Waals surface area contributed by atoms with Gasteiger partial charge in [0.05, 0.1) is 14.2 Å². The van der Waals surface area contributed by atoms with Gasteiger partial charge in [-0.05, 0) is 24.6 Å². The van der Waals surface area contributed by atoms with Crippen molar-refractivity contribution in [2.75, 3.05) is 14.2 Å². The monoisotopic (exact) mass is 356 g/mol. The van der Waals surface area contributed by atoms with Crippen LogP contribution >= 0.6 is 15.9 Å². The van der Waals surface area contributed by atoms with Crippen LogP contribution in [0.2, 0.25) is 0 Å². The van der Waals surface area contributed by atoms with Crippen LogP contribution in [0.1, 0.15) is 16.0 Å². The Morgan fingerprint density at radius 3 is 2.19 bits per heavy atom. The molecule has 5 heteroatoms. The fraction of sp³-hybridized carbons (Fsp3) is 0.250. The van der Waals surface area contributed by atoms with Crippen molar-refractivity contribution in [2.24, 2.45) is 0 Å². The van der Waals surface area contributed by atoms with Gasteiger partial charge in [-0.3, -0.25) is 0 Å². The maximum Gasteiger partial charge on any atom is 0.165 e. The van der Waals surface area contributed by atoms with Crippen molar-refractivity contribution in [1.82, 2.24) is 0 Å². The van der Waals surface area contributed by atoms with Gasteiger partial charge in [-0.15, -0.1) is 0 Å². The Morgan fingerprint density at radius 2 is 1.62 bits per heavy atom. The van der Waals surface area contributed by atoms with Crippen molar-refractivity contribution in [3.8, 4) is 11.5 Å². The van der Waals surface area contributed by atoms with Gasteiger partial charge in [0.1, 0.15) is 11.6 Å². The van der Waals surface area contributed by atoms with Gasteiger partial charge >= 0.3 is 0 Å². The molecule has 2 nitrogen and oxygen atoms in total. The average molecular weight is 357 g/mol. The molecule has 0 fully saturated rings. The first-order valence-electron chi connectivity index (χ1n) is 6.36. The van der Waals surface area contributed by atoms with E-state index in [4.69, 9.17) is 9.47 Å². The molecule has 0 bridgehead atoms. The Hall–Kier alpha value is -1.62. The van der Waals surface area contributed by atoms with Crippen LogP contribution < -0.4 is 9.47 Å². The van der Waals surface area contributed by atoms with Crippen molar-refractivity contribution >= 4 is 15.9 Å². The molecule has 0 heterocycles. The zero-order valence-electron chi connectivity index (χ0n) is 11.7. The van der Waals surface area contributed by atoms with Gasteiger partial charge in [0.25, 0.3) is 0 Å². The van der Waals surface area contributed by atoms with Crippen molar-refractivity contribution in [2.45, 2.75) is 11.2 Å². The fourth-order valence-corrected chi connectivity index (χ4v) is 2.86. The zero-order valence-corrected chi connectivity index (χ0v) is 13.3. The maximum absolute atomic E-state index is 13.7. The van der Waals surface area contributed by atoms with Crippen molar-refractivity contribution in [1.29, 1.82) is 0 Å². The molecule has 0 N–H and O–H groups in total. The summed E-state index contributed by atoms with van der Waals surface area (Å²) < 4.78 is 38.1. The summed E-state index contributed by atoms with van der Waals surface area (Å²) in [5.74, 6) is 0.0229. The highest BCUT2D eigenvalue weighted by Crippen LogP contribution is 2.40. The van der Waals surface area contributed by atoms with E-state index >= 15 is 0 Å². The second kappa shape index (κ2) is 6.89. The summed E-state index contributed by atoms with van der Waals surface area (Å²) in [6, 6.07) is 9.26. The highest BCUT2D eigenvalue weighted by Gasteiger charge is 2.20. The Morgan fingerprint density at radius 1 is 1.00 bits per heavy atom. The fourth-order valence-electron chi connectivity index (χ4n) is 2.18. The molecule has 0 saturated heterocycles. The molecule has 0 aromatic heterocycles. The van der Waals surface area contributed by atoms with Gasteiger partial charge < -0.3 is 9.47 Å². The first-order valence-corrected chi connectivity index (χ1v) is 7.28. The molecule has 0 aliphatic heterocycles. The largest absolute Gasteiger partial charge is 0.493 e. The van der Waals surface area contributed by atoms with Crippen molar-refractivity contribution < 1.29 is 18.3 Å². The van der Waals surface area contributed by atoms with Gasteiger partial charge in [0.15, 0.2) is 11.5 Å². The smallest absolute Gasteiger partial charge is 0.165 e. The topological polar surface area (TPSA) is 18.5 Å². The minimum atomic E-state index is -0.554. The van der Waals surface area contributed by atoms with E-state index in [-0.39, 0.29) is 16.8 Å². The summed E-state index contributed by atoms with van der Waals surface area (Å²) in [6.07, 6.45) is 0.169. The molecule has 2 rings (SSSR count). The normalized spacial score (nSPS) is 12.0. The molecule has 1 atom stereocenters. The van der Waals surface area contributed by atoms with E-state index < -0.39 is 11.6 Å².